The van der Waals surface area contributed by atoms with Crippen LogP contribution in [0.4, 0.5) is 17.6 Å². The standard InChI is InChI=1S/C6H2F4N/c7-5-1-2-11-3-4(5)6(8,9)10/h1,3H. The first kappa shape index (κ1) is 7.97. The second-order valence-corrected chi connectivity index (χ2v) is 1.79. The van der Waals surface area contributed by atoms with Gasteiger partial charge in [0.25, 0.3) is 0 Å². The lowest BCUT2D eigenvalue weighted by Gasteiger charge is -2.04. The SMILES string of the molecule is Fc1c[c]ncc1C(F)(F)F. The summed E-state index contributed by atoms with van der Waals surface area (Å²) < 4.78 is 47.6. The second kappa shape index (κ2) is 2.48. The Balaban J connectivity index is 3.14. The lowest BCUT2D eigenvalue weighted by molar-refractivity contribution is -0.140. The van der Waals surface area contributed by atoms with Crippen molar-refractivity contribution in [2.45, 2.75) is 6.18 Å². The fourth-order valence-corrected chi connectivity index (χ4v) is 0.544. The number of hydrogen-bond acceptors (Lipinski definition) is 1. The minimum atomic E-state index is -4.67. The van der Waals surface area contributed by atoms with Gasteiger partial charge in [0.2, 0.25) is 0 Å². The third-order valence-electron chi connectivity index (χ3n) is 1.02. The molecule has 1 aromatic rings. The Labute approximate surface area is 59.7 Å². The van der Waals surface area contributed by atoms with Crippen LogP contribution in [0, 0.1) is 12.0 Å². The maximum absolute atomic E-state index is 12.3. The molecule has 0 bridgehead atoms. The average Bonchev–Trinajstić information content (AvgIpc) is 1.86. The highest BCUT2D eigenvalue weighted by Gasteiger charge is 2.34. The van der Waals surface area contributed by atoms with Crippen molar-refractivity contribution in [3.63, 3.8) is 0 Å². The van der Waals surface area contributed by atoms with Crippen LogP contribution in [0.3, 0.4) is 0 Å². The van der Waals surface area contributed by atoms with Crippen LogP contribution in [0.2, 0.25) is 0 Å². The normalized spacial score (nSPS) is 11.6. The van der Waals surface area contributed by atoms with Crippen LogP contribution in [0.15, 0.2) is 12.3 Å². The van der Waals surface area contributed by atoms with Gasteiger partial charge in [-0.1, -0.05) is 0 Å². The van der Waals surface area contributed by atoms with Gasteiger partial charge < -0.3 is 0 Å². The van der Waals surface area contributed by atoms with Gasteiger partial charge in [-0.05, 0) is 0 Å². The summed E-state index contributed by atoms with van der Waals surface area (Å²) in [7, 11) is 0. The molecule has 1 rings (SSSR count). The van der Waals surface area contributed by atoms with E-state index in [0.717, 1.165) is 0 Å². The summed E-state index contributed by atoms with van der Waals surface area (Å²) in [5.74, 6) is -1.35. The van der Waals surface area contributed by atoms with E-state index in [-0.39, 0.29) is 0 Å². The zero-order valence-corrected chi connectivity index (χ0v) is 5.11. The fourth-order valence-electron chi connectivity index (χ4n) is 0.544. The van der Waals surface area contributed by atoms with Crippen molar-refractivity contribution >= 4 is 0 Å². The Morgan fingerprint density at radius 1 is 1.36 bits per heavy atom. The molecule has 1 nitrogen and oxygen atoms in total. The lowest BCUT2D eigenvalue weighted by atomic mass is 10.3. The van der Waals surface area contributed by atoms with Gasteiger partial charge in [0.05, 0.1) is 6.20 Å². The monoisotopic (exact) mass is 164 g/mol. The zero-order chi connectivity index (χ0) is 8.48. The number of nitrogens with zero attached hydrogens (tertiary/aromatic N) is 1. The molecule has 1 aromatic heterocycles. The first-order valence-corrected chi connectivity index (χ1v) is 2.60. The van der Waals surface area contributed by atoms with Crippen molar-refractivity contribution in [3.05, 3.63) is 29.8 Å². The van der Waals surface area contributed by atoms with Crippen LogP contribution < -0.4 is 0 Å². The Bertz CT molecular complexity index is 255. The number of hydrogen-bond donors (Lipinski definition) is 0. The lowest BCUT2D eigenvalue weighted by Crippen LogP contribution is -2.08. The molecule has 0 spiro atoms. The van der Waals surface area contributed by atoms with Crippen LogP contribution >= 0.6 is 0 Å². The third-order valence-corrected chi connectivity index (χ3v) is 1.02. The number of aromatic nitrogens is 1. The van der Waals surface area contributed by atoms with Crippen LogP contribution in [0.1, 0.15) is 5.56 Å². The van der Waals surface area contributed by atoms with Crippen LogP contribution in [-0.2, 0) is 6.18 Å². The molecule has 5 heteroatoms. The van der Waals surface area contributed by atoms with Gasteiger partial charge >= 0.3 is 6.18 Å². The van der Waals surface area contributed by atoms with E-state index in [4.69, 9.17) is 0 Å². The molecule has 0 saturated heterocycles. The number of alkyl halides is 3. The van der Waals surface area contributed by atoms with Gasteiger partial charge in [-0.25, -0.2) is 4.39 Å². The molecule has 0 amide bonds. The Kier molecular flexibility index (Phi) is 1.80. The quantitative estimate of drug-likeness (QED) is 0.534. The van der Waals surface area contributed by atoms with Crippen LogP contribution in [0.25, 0.3) is 0 Å². The number of pyridine rings is 1. The topological polar surface area (TPSA) is 12.9 Å². The van der Waals surface area contributed by atoms with E-state index in [1.807, 2.05) is 6.20 Å². The number of halogens is 4. The maximum Gasteiger partial charge on any atom is 0.420 e. The van der Waals surface area contributed by atoms with Crippen molar-refractivity contribution in [3.8, 4) is 0 Å². The fraction of sp³-hybridized carbons (Fsp3) is 0.167. The molecular formula is C6H2F4N. The maximum atomic E-state index is 12.3. The Morgan fingerprint density at radius 3 is 2.36 bits per heavy atom. The Hall–Kier alpha value is -1.13. The second-order valence-electron chi connectivity index (χ2n) is 1.79. The molecule has 0 aliphatic carbocycles. The minimum Gasteiger partial charge on any atom is -0.254 e. The predicted molar refractivity (Wildman–Crippen MR) is 28.0 cm³/mol. The molecule has 1 heterocycles. The summed E-state index contributed by atoms with van der Waals surface area (Å²) in [5, 5.41) is 0. The van der Waals surface area contributed by atoms with Gasteiger partial charge in [-0.15, -0.1) is 0 Å². The van der Waals surface area contributed by atoms with E-state index in [0.29, 0.717) is 12.3 Å². The molecule has 0 aromatic carbocycles. The van der Waals surface area contributed by atoms with Crippen molar-refractivity contribution in [2.75, 3.05) is 0 Å². The van der Waals surface area contributed by atoms with E-state index in [1.165, 1.54) is 0 Å². The molecule has 0 saturated carbocycles. The smallest absolute Gasteiger partial charge is 0.254 e. The van der Waals surface area contributed by atoms with E-state index in [9.17, 15) is 17.6 Å². The van der Waals surface area contributed by atoms with Gasteiger partial charge in [-0.2, -0.15) is 13.2 Å². The summed E-state index contributed by atoms with van der Waals surface area (Å²) in [6.45, 7) is 0. The largest absolute Gasteiger partial charge is 0.420 e. The van der Waals surface area contributed by atoms with E-state index in [2.05, 4.69) is 4.98 Å². The summed E-state index contributed by atoms with van der Waals surface area (Å²) in [6.07, 6.45) is -2.33. The highest BCUT2D eigenvalue weighted by Crippen LogP contribution is 2.29. The van der Waals surface area contributed by atoms with E-state index in [1.54, 1.807) is 0 Å². The molecule has 0 N–H and O–H groups in total. The molecule has 1 radical (unpaired) electrons. The summed E-state index contributed by atoms with van der Waals surface area (Å²) in [6, 6.07) is 0.544. The first-order valence-electron chi connectivity index (χ1n) is 2.60. The molecule has 0 aliphatic heterocycles. The first-order chi connectivity index (χ1) is 5.02. The van der Waals surface area contributed by atoms with Crippen molar-refractivity contribution < 1.29 is 17.6 Å². The summed E-state index contributed by atoms with van der Waals surface area (Å²) in [4.78, 5) is 3.03. The van der Waals surface area contributed by atoms with Crippen LogP contribution in [-0.4, -0.2) is 4.98 Å². The molecule has 11 heavy (non-hydrogen) atoms. The van der Waals surface area contributed by atoms with Gasteiger partial charge in [0.1, 0.15) is 11.4 Å². The van der Waals surface area contributed by atoms with Gasteiger partial charge in [0, 0.05) is 12.3 Å². The van der Waals surface area contributed by atoms with Crippen molar-refractivity contribution in [2.24, 2.45) is 0 Å². The summed E-state index contributed by atoms with van der Waals surface area (Å²) >= 11 is 0. The summed E-state index contributed by atoms with van der Waals surface area (Å²) in [5.41, 5.74) is -1.36. The molecule has 0 aliphatic rings. The molecule has 0 unspecified atom stereocenters. The third kappa shape index (κ3) is 1.66. The molecule has 0 atom stereocenters. The molecule has 0 fully saturated rings. The zero-order valence-electron chi connectivity index (χ0n) is 5.11. The van der Waals surface area contributed by atoms with E-state index < -0.39 is 17.6 Å². The van der Waals surface area contributed by atoms with E-state index >= 15 is 0 Å². The highest BCUT2D eigenvalue weighted by molar-refractivity contribution is 5.14. The average molecular weight is 164 g/mol. The van der Waals surface area contributed by atoms with Gasteiger partial charge in [0.15, 0.2) is 0 Å². The highest BCUT2D eigenvalue weighted by atomic mass is 19.4. The molecular weight excluding hydrogens is 162 g/mol. The van der Waals surface area contributed by atoms with Crippen LogP contribution in [0.5, 0.6) is 0 Å². The van der Waals surface area contributed by atoms with Gasteiger partial charge in [-0.3, -0.25) is 4.98 Å². The van der Waals surface area contributed by atoms with Crippen molar-refractivity contribution in [1.82, 2.24) is 4.98 Å². The number of rotatable bonds is 0. The minimum absolute atomic E-state index is 0.398. The Morgan fingerprint density at radius 2 is 2.00 bits per heavy atom. The predicted octanol–water partition coefficient (Wildman–Crippen LogP) is 2.04. The molecule has 59 valence electrons. The van der Waals surface area contributed by atoms with Crippen molar-refractivity contribution in [1.29, 1.82) is 0 Å².